The van der Waals surface area contributed by atoms with Gasteiger partial charge < -0.3 is 14.4 Å². The highest BCUT2D eigenvalue weighted by Gasteiger charge is 2.24. The van der Waals surface area contributed by atoms with Gasteiger partial charge >= 0.3 is 19.8 Å². The minimum atomic E-state index is -4.29. The first kappa shape index (κ1) is 56.2. The van der Waals surface area contributed by atoms with Crippen LogP contribution in [0.2, 0.25) is 0 Å². The summed E-state index contributed by atoms with van der Waals surface area (Å²) in [5.74, 6) is -0.907. The number of allylic oxidation sites excluding steroid dienone is 14. The maximum atomic E-state index is 12.5. The predicted molar refractivity (Wildman–Crippen MR) is 248 cm³/mol. The maximum absolute atomic E-state index is 12.5. The fourth-order valence-corrected chi connectivity index (χ4v) is 6.55. The predicted octanol–water partition coefficient (Wildman–Crippen LogP) is 15.1. The number of hydrogen-bond acceptors (Lipinski definition) is 7. The van der Waals surface area contributed by atoms with Crippen LogP contribution in [0.1, 0.15) is 194 Å². The molecule has 0 aliphatic heterocycles. The van der Waals surface area contributed by atoms with Gasteiger partial charge in [0.25, 0.3) is 0 Å². The van der Waals surface area contributed by atoms with Crippen molar-refractivity contribution in [2.75, 3.05) is 20.3 Å². The van der Waals surface area contributed by atoms with E-state index in [-0.39, 0.29) is 19.4 Å². The Bertz CT molecular complexity index is 1230. The molecule has 338 valence electrons. The molecule has 0 rings (SSSR count). The summed E-state index contributed by atoms with van der Waals surface area (Å²) in [7, 11) is -3.24. The number of carbonyl (C=O) groups excluding carboxylic acids is 2. The third kappa shape index (κ3) is 44.6. The first-order valence-electron chi connectivity index (χ1n) is 23.3. The molecule has 0 fully saturated rings. The Kier molecular flexibility index (Phi) is 42.7. The lowest BCUT2D eigenvalue weighted by atomic mass is 10.1. The van der Waals surface area contributed by atoms with E-state index in [1.165, 1.54) is 103 Å². The molecular weight excluding hydrogens is 760 g/mol. The molecule has 0 spiro atoms. The molecule has 0 heterocycles. The van der Waals surface area contributed by atoms with Gasteiger partial charge in [0.15, 0.2) is 6.10 Å². The Hall–Kier alpha value is -2.77. The van der Waals surface area contributed by atoms with E-state index < -0.39 is 32.5 Å². The second kappa shape index (κ2) is 44.8. The van der Waals surface area contributed by atoms with Gasteiger partial charge in [-0.1, -0.05) is 189 Å². The first-order valence-corrected chi connectivity index (χ1v) is 24.8. The van der Waals surface area contributed by atoms with Gasteiger partial charge in [-0.25, -0.2) is 4.57 Å². The standard InChI is InChI=1S/C50H85O8P/c1-4-6-8-10-12-14-16-18-20-22-24-25-27-28-30-32-34-36-38-40-42-44-49(51)56-46-48(47-57-59(53,54)55-3)58-50(52)45-43-41-39-37-35-33-31-29-26-23-21-19-17-15-13-11-9-7-5-2/h7,9,13,15,19,21-22,24,26,29,33,35,39,41,48H,4-6,8,10-12,14,16-18,20,23,25,27-28,30-32,34,36-38,40,42-47H2,1-3H3,(H,53,54)/b9-7-,15-13-,21-19-,24-22-,29-26-,35-33-,41-39-. The average Bonchev–Trinajstić information content (AvgIpc) is 3.23. The molecule has 0 amide bonds. The van der Waals surface area contributed by atoms with E-state index in [0.717, 1.165) is 64.9 Å². The molecule has 0 aromatic heterocycles. The zero-order chi connectivity index (χ0) is 43.2. The van der Waals surface area contributed by atoms with Gasteiger partial charge in [0.1, 0.15) is 6.61 Å². The van der Waals surface area contributed by atoms with Crippen LogP contribution >= 0.6 is 7.82 Å². The second-order valence-corrected chi connectivity index (χ2v) is 16.7. The molecule has 9 heteroatoms. The molecule has 2 unspecified atom stereocenters. The van der Waals surface area contributed by atoms with Crippen molar-refractivity contribution in [3.8, 4) is 0 Å². The Balaban J connectivity index is 4.07. The molecule has 0 aliphatic carbocycles. The molecule has 0 saturated carbocycles. The summed E-state index contributed by atoms with van der Waals surface area (Å²) in [5, 5.41) is 0. The smallest absolute Gasteiger partial charge is 0.462 e. The van der Waals surface area contributed by atoms with E-state index >= 15 is 0 Å². The van der Waals surface area contributed by atoms with Crippen LogP contribution in [0.4, 0.5) is 0 Å². The highest BCUT2D eigenvalue weighted by atomic mass is 31.2. The Labute approximate surface area is 361 Å². The summed E-state index contributed by atoms with van der Waals surface area (Å²) >= 11 is 0. The van der Waals surface area contributed by atoms with Crippen LogP contribution in [0.25, 0.3) is 0 Å². The normalized spacial score (nSPS) is 14.0. The number of rotatable bonds is 42. The zero-order valence-electron chi connectivity index (χ0n) is 37.6. The topological polar surface area (TPSA) is 108 Å². The van der Waals surface area contributed by atoms with E-state index in [0.29, 0.717) is 6.42 Å². The summed E-state index contributed by atoms with van der Waals surface area (Å²) in [5.41, 5.74) is 0. The van der Waals surface area contributed by atoms with Crippen LogP contribution in [0, 0.1) is 0 Å². The van der Waals surface area contributed by atoms with Crippen molar-refractivity contribution in [3.63, 3.8) is 0 Å². The third-order valence-electron chi connectivity index (χ3n) is 9.64. The summed E-state index contributed by atoms with van der Waals surface area (Å²) in [6.45, 7) is 3.72. The lowest BCUT2D eigenvalue weighted by Gasteiger charge is -2.19. The Morgan fingerprint density at radius 2 is 0.898 bits per heavy atom. The number of phosphoric ester groups is 1. The van der Waals surface area contributed by atoms with Gasteiger partial charge in [-0.05, 0) is 77.0 Å². The fraction of sp³-hybridized carbons (Fsp3) is 0.680. The molecule has 1 N–H and O–H groups in total. The van der Waals surface area contributed by atoms with Gasteiger partial charge in [-0.15, -0.1) is 0 Å². The van der Waals surface area contributed by atoms with Gasteiger partial charge in [0, 0.05) is 20.0 Å². The van der Waals surface area contributed by atoms with E-state index in [1.807, 2.05) is 12.2 Å². The number of carbonyl (C=O) groups is 2. The summed E-state index contributed by atoms with van der Waals surface area (Å²) < 4.78 is 32.0. The van der Waals surface area contributed by atoms with Crippen LogP contribution in [0.3, 0.4) is 0 Å². The zero-order valence-corrected chi connectivity index (χ0v) is 38.5. The molecule has 0 aromatic carbocycles. The molecule has 2 atom stereocenters. The van der Waals surface area contributed by atoms with Crippen LogP contribution in [-0.2, 0) is 32.7 Å². The minimum Gasteiger partial charge on any atom is -0.462 e. The lowest BCUT2D eigenvalue weighted by Crippen LogP contribution is -2.29. The van der Waals surface area contributed by atoms with Crippen LogP contribution in [0.5, 0.6) is 0 Å². The van der Waals surface area contributed by atoms with Gasteiger partial charge in [-0.3, -0.25) is 18.6 Å². The van der Waals surface area contributed by atoms with Crippen molar-refractivity contribution >= 4 is 19.8 Å². The molecule has 0 aromatic rings. The monoisotopic (exact) mass is 845 g/mol. The fourth-order valence-electron chi connectivity index (χ4n) is 6.09. The van der Waals surface area contributed by atoms with E-state index in [2.05, 4.69) is 91.3 Å². The number of ether oxygens (including phenoxy) is 2. The van der Waals surface area contributed by atoms with Gasteiger partial charge in [0.2, 0.25) is 0 Å². The first-order chi connectivity index (χ1) is 28.8. The number of esters is 2. The Morgan fingerprint density at radius 3 is 1.36 bits per heavy atom. The number of unbranched alkanes of at least 4 members (excludes halogenated alkanes) is 17. The van der Waals surface area contributed by atoms with Crippen LogP contribution in [0.15, 0.2) is 85.1 Å². The van der Waals surface area contributed by atoms with Crippen molar-refractivity contribution in [1.29, 1.82) is 0 Å². The molecule has 59 heavy (non-hydrogen) atoms. The second-order valence-electron chi connectivity index (χ2n) is 15.2. The van der Waals surface area contributed by atoms with Crippen LogP contribution < -0.4 is 0 Å². The summed E-state index contributed by atoms with van der Waals surface area (Å²) in [4.78, 5) is 34.5. The van der Waals surface area contributed by atoms with E-state index in [4.69, 9.17) is 14.0 Å². The number of phosphoric acid groups is 1. The van der Waals surface area contributed by atoms with Crippen molar-refractivity contribution in [3.05, 3.63) is 85.1 Å². The molecule has 0 aliphatic rings. The summed E-state index contributed by atoms with van der Waals surface area (Å²) in [6.07, 6.45) is 59.4. The van der Waals surface area contributed by atoms with E-state index in [1.54, 1.807) is 0 Å². The average molecular weight is 845 g/mol. The largest absolute Gasteiger partial charge is 0.472 e. The molecule has 0 saturated heterocycles. The van der Waals surface area contributed by atoms with Crippen molar-refractivity contribution in [2.24, 2.45) is 0 Å². The SMILES string of the molecule is CC/C=C\C/C=C\C/C=C\C/C=C\C/C=C\C/C=C\CCC(=O)OC(COC(=O)CCCCCCCCCCC/C=C\CCCCCCCCCC)COP(=O)(O)OC. The van der Waals surface area contributed by atoms with Crippen molar-refractivity contribution < 1.29 is 37.6 Å². The van der Waals surface area contributed by atoms with Gasteiger partial charge in [-0.2, -0.15) is 0 Å². The molecular formula is C50H85O8P. The Morgan fingerprint density at radius 1 is 0.492 bits per heavy atom. The molecule has 0 bridgehead atoms. The number of hydrogen-bond donors (Lipinski definition) is 1. The summed E-state index contributed by atoms with van der Waals surface area (Å²) in [6, 6.07) is 0. The van der Waals surface area contributed by atoms with Crippen LogP contribution in [-0.4, -0.2) is 43.3 Å². The highest BCUT2D eigenvalue weighted by Crippen LogP contribution is 2.42. The van der Waals surface area contributed by atoms with Gasteiger partial charge in [0.05, 0.1) is 6.61 Å². The molecule has 0 radical (unpaired) electrons. The van der Waals surface area contributed by atoms with E-state index in [9.17, 15) is 19.0 Å². The highest BCUT2D eigenvalue weighted by molar-refractivity contribution is 7.47. The lowest BCUT2D eigenvalue weighted by molar-refractivity contribution is -0.161. The molecule has 8 nitrogen and oxygen atoms in total. The van der Waals surface area contributed by atoms with Crippen molar-refractivity contribution in [2.45, 2.75) is 200 Å². The minimum absolute atomic E-state index is 0.116. The maximum Gasteiger partial charge on any atom is 0.472 e. The third-order valence-corrected chi connectivity index (χ3v) is 10.6. The van der Waals surface area contributed by atoms with Crippen molar-refractivity contribution in [1.82, 2.24) is 0 Å². The quantitative estimate of drug-likeness (QED) is 0.0280.